The Morgan fingerprint density at radius 1 is 1.20 bits per heavy atom. The van der Waals surface area contributed by atoms with Crippen LogP contribution in [0.2, 0.25) is 0 Å². The van der Waals surface area contributed by atoms with E-state index in [1.54, 1.807) is 12.4 Å². The van der Waals surface area contributed by atoms with Gasteiger partial charge < -0.3 is 14.9 Å². The quantitative estimate of drug-likeness (QED) is 0.902. The summed E-state index contributed by atoms with van der Waals surface area (Å²) in [5, 5.41) is 10.2. The number of halogens is 2. The number of aliphatic hydroxyl groups is 1. The third-order valence-electron chi connectivity index (χ3n) is 5.05. The van der Waals surface area contributed by atoms with E-state index in [1.807, 2.05) is 11.9 Å². The zero-order valence-corrected chi connectivity index (χ0v) is 14.0. The number of β-amino-alcohol motifs (C(OH)–C–C–N with tert-alkyl or cyclic N) is 1. The van der Waals surface area contributed by atoms with E-state index in [0.717, 1.165) is 42.7 Å². The number of aliphatic hydroxyl groups excluding tert-OH is 1. The molecule has 2 atom stereocenters. The van der Waals surface area contributed by atoms with E-state index >= 15 is 0 Å². The van der Waals surface area contributed by atoms with Crippen LogP contribution in [0.4, 0.5) is 14.6 Å². The number of benzene rings is 1. The lowest BCUT2D eigenvalue weighted by atomic mass is 10.0. The van der Waals surface area contributed by atoms with Gasteiger partial charge in [0.25, 0.3) is 0 Å². The third-order valence-corrected chi connectivity index (χ3v) is 5.05. The van der Waals surface area contributed by atoms with E-state index in [4.69, 9.17) is 0 Å². The van der Waals surface area contributed by atoms with E-state index in [9.17, 15) is 13.9 Å². The van der Waals surface area contributed by atoms with Crippen molar-refractivity contribution in [1.29, 1.82) is 0 Å². The fraction of sp³-hybridized carbons (Fsp3) is 0.444. The normalized spacial score (nSPS) is 23.8. The number of rotatable bonds is 2. The SMILES string of the molecule is CN1CCc2ncnc(N3C[C@H](O)C[C@H]3c3ccc(F)c(F)c3)c2C1. The Morgan fingerprint density at radius 2 is 2.04 bits per heavy atom. The molecule has 0 spiro atoms. The van der Waals surface area contributed by atoms with Crippen LogP contribution in [0.15, 0.2) is 24.5 Å². The number of aromatic nitrogens is 2. The van der Waals surface area contributed by atoms with Crippen LogP contribution >= 0.6 is 0 Å². The number of likely N-dealkylation sites (N-methyl/N-ethyl adjacent to an activating group) is 1. The minimum Gasteiger partial charge on any atom is -0.391 e. The average molecular weight is 346 g/mol. The number of hydrogen-bond acceptors (Lipinski definition) is 5. The molecule has 132 valence electrons. The van der Waals surface area contributed by atoms with Crippen LogP contribution in [0, 0.1) is 11.6 Å². The van der Waals surface area contributed by atoms with Crippen molar-refractivity contribution in [2.45, 2.75) is 31.5 Å². The van der Waals surface area contributed by atoms with Crippen molar-refractivity contribution in [2.75, 3.05) is 25.0 Å². The van der Waals surface area contributed by atoms with Gasteiger partial charge in [-0.05, 0) is 31.2 Å². The predicted molar refractivity (Wildman–Crippen MR) is 89.1 cm³/mol. The van der Waals surface area contributed by atoms with Gasteiger partial charge in [0.15, 0.2) is 11.6 Å². The summed E-state index contributed by atoms with van der Waals surface area (Å²) in [6.07, 6.45) is 2.32. The maximum Gasteiger partial charge on any atom is 0.159 e. The highest BCUT2D eigenvalue weighted by atomic mass is 19.2. The van der Waals surface area contributed by atoms with Gasteiger partial charge in [-0.2, -0.15) is 0 Å². The molecule has 2 aliphatic heterocycles. The zero-order valence-electron chi connectivity index (χ0n) is 14.0. The van der Waals surface area contributed by atoms with Gasteiger partial charge in [-0.25, -0.2) is 18.7 Å². The van der Waals surface area contributed by atoms with Gasteiger partial charge in [0.2, 0.25) is 0 Å². The van der Waals surface area contributed by atoms with E-state index in [2.05, 4.69) is 14.9 Å². The average Bonchev–Trinajstić information content (AvgIpc) is 2.98. The van der Waals surface area contributed by atoms with Crippen LogP contribution < -0.4 is 4.90 Å². The molecule has 7 heteroatoms. The summed E-state index contributed by atoms with van der Waals surface area (Å²) in [7, 11) is 2.05. The molecule has 1 aromatic carbocycles. The van der Waals surface area contributed by atoms with Gasteiger partial charge in [-0.1, -0.05) is 6.07 Å². The monoisotopic (exact) mass is 346 g/mol. The number of hydrogen-bond donors (Lipinski definition) is 1. The Hall–Kier alpha value is -2.12. The second kappa shape index (κ2) is 6.31. The van der Waals surface area contributed by atoms with Crippen molar-refractivity contribution in [2.24, 2.45) is 0 Å². The van der Waals surface area contributed by atoms with Gasteiger partial charge >= 0.3 is 0 Å². The van der Waals surface area contributed by atoms with Crippen molar-refractivity contribution in [3.63, 3.8) is 0 Å². The minimum atomic E-state index is -0.872. The Morgan fingerprint density at radius 3 is 2.84 bits per heavy atom. The highest BCUT2D eigenvalue weighted by molar-refractivity contribution is 5.53. The van der Waals surface area contributed by atoms with Crippen molar-refractivity contribution in [1.82, 2.24) is 14.9 Å². The molecule has 1 aromatic heterocycles. The summed E-state index contributed by atoms with van der Waals surface area (Å²) in [6.45, 7) is 2.10. The van der Waals surface area contributed by atoms with Crippen LogP contribution in [-0.2, 0) is 13.0 Å². The molecule has 2 aliphatic rings. The van der Waals surface area contributed by atoms with Gasteiger partial charge in [0.05, 0.1) is 17.8 Å². The molecule has 3 heterocycles. The lowest BCUT2D eigenvalue weighted by Gasteiger charge is -2.32. The second-order valence-electron chi connectivity index (χ2n) is 6.84. The zero-order chi connectivity index (χ0) is 17.6. The molecular formula is C18H20F2N4O. The first kappa shape index (κ1) is 16.4. The maximum atomic E-state index is 13.7. The standard InChI is InChI=1S/C18H20F2N4O/c1-23-5-4-16-13(9-23)18(22-10-21-16)24-8-12(25)7-17(24)11-2-3-14(19)15(20)6-11/h2-3,6,10,12,17,25H,4-5,7-9H2,1H3/t12-,17+/m1/s1. The first-order valence-electron chi connectivity index (χ1n) is 8.44. The Balaban J connectivity index is 1.74. The van der Waals surface area contributed by atoms with E-state index < -0.39 is 17.7 Å². The highest BCUT2D eigenvalue weighted by Crippen LogP contribution is 2.38. The van der Waals surface area contributed by atoms with Crippen LogP contribution in [0.5, 0.6) is 0 Å². The summed E-state index contributed by atoms with van der Waals surface area (Å²) in [4.78, 5) is 13.1. The Kier molecular flexibility index (Phi) is 4.13. The summed E-state index contributed by atoms with van der Waals surface area (Å²) < 4.78 is 27.0. The van der Waals surface area contributed by atoms with E-state index in [1.165, 1.54) is 6.07 Å². The molecule has 5 nitrogen and oxygen atoms in total. The first-order valence-corrected chi connectivity index (χ1v) is 8.44. The van der Waals surface area contributed by atoms with Crippen LogP contribution in [0.3, 0.4) is 0 Å². The van der Waals surface area contributed by atoms with E-state index in [0.29, 0.717) is 18.5 Å². The molecule has 0 amide bonds. The largest absolute Gasteiger partial charge is 0.391 e. The van der Waals surface area contributed by atoms with Crippen molar-refractivity contribution < 1.29 is 13.9 Å². The smallest absolute Gasteiger partial charge is 0.159 e. The molecule has 1 fully saturated rings. The molecule has 0 bridgehead atoms. The van der Waals surface area contributed by atoms with Crippen molar-refractivity contribution in [3.8, 4) is 0 Å². The second-order valence-corrected chi connectivity index (χ2v) is 6.84. The third kappa shape index (κ3) is 2.98. The van der Waals surface area contributed by atoms with Crippen molar-refractivity contribution in [3.05, 3.63) is 53.0 Å². The molecule has 1 N–H and O–H groups in total. The molecule has 0 aliphatic carbocycles. The summed E-state index contributed by atoms with van der Waals surface area (Å²) in [6, 6.07) is 3.69. The van der Waals surface area contributed by atoms with Gasteiger partial charge in [0, 0.05) is 31.6 Å². The molecule has 0 saturated carbocycles. The van der Waals surface area contributed by atoms with Gasteiger partial charge in [0.1, 0.15) is 12.1 Å². The molecule has 1 saturated heterocycles. The van der Waals surface area contributed by atoms with Crippen LogP contribution in [0.25, 0.3) is 0 Å². The van der Waals surface area contributed by atoms with Gasteiger partial charge in [-0.15, -0.1) is 0 Å². The number of anilines is 1. The van der Waals surface area contributed by atoms with Gasteiger partial charge in [-0.3, -0.25) is 0 Å². The fourth-order valence-corrected chi connectivity index (χ4v) is 3.79. The Bertz CT molecular complexity index is 801. The summed E-state index contributed by atoms with van der Waals surface area (Å²) in [5.74, 6) is -0.957. The topological polar surface area (TPSA) is 52.5 Å². The molecule has 0 radical (unpaired) electrons. The van der Waals surface area contributed by atoms with Crippen LogP contribution in [0.1, 0.15) is 29.3 Å². The molecule has 25 heavy (non-hydrogen) atoms. The van der Waals surface area contributed by atoms with E-state index in [-0.39, 0.29) is 6.04 Å². The lowest BCUT2D eigenvalue weighted by Crippen LogP contribution is -2.32. The molecular weight excluding hydrogens is 326 g/mol. The lowest BCUT2D eigenvalue weighted by molar-refractivity contribution is 0.194. The van der Waals surface area contributed by atoms with Crippen LogP contribution in [-0.4, -0.2) is 46.2 Å². The summed E-state index contributed by atoms with van der Waals surface area (Å²) >= 11 is 0. The summed E-state index contributed by atoms with van der Waals surface area (Å²) in [5.41, 5.74) is 2.72. The predicted octanol–water partition coefficient (Wildman–Crippen LogP) is 2.05. The molecule has 4 rings (SSSR count). The molecule has 0 unspecified atom stereocenters. The number of nitrogens with zero attached hydrogens (tertiary/aromatic N) is 4. The van der Waals surface area contributed by atoms with Crippen molar-refractivity contribution >= 4 is 5.82 Å². The minimum absolute atomic E-state index is 0.240. The maximum absolute atomic E-state index is 13.7. The first-order chi connectivity index (χ1) is 12.0. The fourth-order valence-electron chi connectivity index (χ4n) is 3.79. The highest BCUT2D eigenvalue weighted by Gasteiger charge is 2.35. The molecule has 2 aromatic rings. The Labute approximate surface area is 144 Å². The number of fused-ring (bicyclic) bond motifs is 1.